The summed E-state index contributed by atoms with van der Waals surface area (Å²) in [6.07, 6.45) is 0. The lowest BCUT2D eigenvalue weighted by Gasteiger charge is -2.10. The zero-order chi connectivity index (χ0) is 15.2. The molecule has 2 rings (SSSR count). The molecule has 0 aliphatic carbocycles. The van der Waals surface area contributed by atoms with E-state index in [4.69, 9.17) is 11.6 Å². The van der Waals surface area contributed by atoms with Gasteiger partial charge in [-0.15, -0.1) is 22.7 Å². The number of aromatic nitrogens is 1. The molecule has 21 heavy (non-hydrogen) atoms. The molecule has 0 atom stereocenters. The normalized spacial score (nSPS) is 11.7. The standard InChI is InChI=1S/C14H19ClN4S2/c1-4-16-14(17-7-11-5-6-13(15)21-11)18-8-12-9(2)19-10(3)20-12/h5-6H,4,7-8H2,1-3H3,(H2,16,17,18). The largest absolute Gasteiger partial charge is 0.357 e. The number of thiophene rings is 1. The Morgan fingerprint density at radius 1 is 1.29 bits per heavy atom. The van der Waals surface area contributed by atoms with Crippen LogP contribution in [0.25, 0.3) is 0 Å². The van der Waals surface area contributed by atoms with Gasteiger partial charge < -0.3 is 10.6 Å². The Hall–Kier alpha value is -1.11. The number of nitrogens with zero attached hydrogens (tertiary/aromatic N) is 2. The van der Waals surface area contributed by atoms with E-state index in [9.17, 15) is 0 Å². The molecule has 0 unspecified atom stereocenters. The van der Waals surface area contributed by atoms with Gasteiger partial charge in [0.05, 0.1) is 28.1 Å². The van der Waals surface area contributed by atoms with Gasteiger partial charge in [0.2, 0.25) is 0 Å². The first kappa shape index (κ1) is 16.3. The summed E-state index contributed by atoms with van der Waals surface area (Å²) in [5.74, 6) is 0.812. The molecule has 0 amide bonds. The predicted molar refractivity (Wildman–Crippen MR) is 92.6 cm³/mol. The van der Waals surface area contributed by atoms with E-state index in [-0.39, 0.29) is 0 Å². The Morgan fingerprint density at radius 3 is 2.67 bits per heavy atom. The van der Waals surface area contributed by atoms with Gasteiger partial charge in [-0.05, 0) is 32.9 Å². The van der Waals surface area contributed by atoms with E-state index in [0.29, 0.717) is 6.54 Å². The minimum Gasteiger partial charge on any atom is -0.357 e. The second-order valence-corrected chi connectivity index (χ2v) is 7.58. The lowest BCUT2D eigenvalue weighted by atomic mass is 10.4. The SMILES string of the molecule is CCNC(=NCc1ccc(Cl)s1)NCc1sc(C)nc1C. The fraction of sp³-hybridized carbons (Fsp3) is 0.429. The summed E-state index contributed by atoms with van der Waals surface area (Å²) in [5, 5.41) is 7.70. The van der Waals surface area contributed by atoms with Crippen LogP contribution in [-0.4, -0.2) is 17.5 Å². The van der Waals surface area contributed by atoms with Gasteiger partial charge in [-0.3, -0.25) is 0 Å². The van der Waals surface area contributed by atoms with Gasteiger partial charge in [0.25, 0.3) is 0 Å². The van der Waals surface area contributed by atoms with Gasteiger partial charge in [0.15, 0.2) is 5.96 Å². The number of nitrogens with one attached hydrogen (secondary N) is 2. The van der Waals surface area contributed by atoms with Gasteiger partial charge in [0, 0.05) is 16.3 Å². The third kappa shape index (κ3) is 4.98. The van der Waals surface area contributed by atoms with E-state index < -0.39 is 0 Å². The van der Waals surface area contributed by atoms with E-state index in [1.54, 1.807) is 22.7 Å². The topological polar surface area (TPSA) is 49.3 Å². The second-order valence-electron chi connectivity index (χ2n) is 4.50. The van der Waals surface area contributed by atoms with Crippen molar-refractivity contribution in [3.63, 3.8) is 0 Å². The van der Waals surface area contributed by atoms with Gasteiger partial charge in [0.1, 0.15) is 0 Å². The summed E-state index contributed by atoms with van der Waals surface area (Å²) >= 11 is 9.21. The number of guanidine groups is 1. The van der Waals surface area contributed by atoms with Crippen molar-refractivity contribution in [2.45, 2.75) is 33.9 Å². The minimum atomic E-state index is 0.632. The van der Waals surface area contributed by atoms with Crippen molar-refractivity contribution in [2.75, 3.05) is 6.54 Å². The molecule has 4 nitrogen and oxygen atoms in total. The summed E-state index contributed by atoms with van der Waals surface area (Å²) < 4.78 is 0.800. The Kier molecular flexibility index (Phi) is 6.02. The summed E-state index contributed by atoms with van der Waals surface area (Å²) in [5.41, 5.74) is 1.09. The molecule has 0 aromatic carbocycles. The van der Waals surface area contributed by atoms with Gasteiger partial charge in [-0.25, -0.2) is 9.98 Å². The maximum Gasteiger partial charge on any atom is 0.191 e. The maximum atomic E-state index is 5.93. The zero-order valence-corrected chi connectivity index (χ0v) is 14.8. The molecule has 2 heterocycles. The molecule has 0 fully saturated rings. The van der Waals surface area contributed by atoms with E-state index in [1.807, 2.05) is 26.0 Å². The van der Waals surface area contributed by atoms with Crippen LogP contribution in [0.4, 0.5) is 0 Å². The molecule has 0 bridgehead atoms. The summed E-state index contributed by atoms with van der Waals surface area (Å²) in [4.78, 5) is 11.4. The average molecular weight is 343 g/mol. The molecule has 2 aromatic rings. The van der Waals surface area contributed by atoms with Crippen molar-refractivity contribution in [1.29, 1.82) is 0 Å². The van der Waals surface area contributed by atoms with Crippen molar-refractivity contribution >= 4 is 40.2 Å². The Morgan fingerprint density at radius 2 is 2.10 bits per heavy atom. The van der Waals surface area contributed by atoms with Crippen LogP contribution in [0.5, 0.6) is 0 Å². The zero-order valence-electron chi connectivity index (χ0n) is 12.4. The van der Waals surface area contributed by atoms with Crippen LogP contribution in [0.3, 0.4) is 0 Å². The van der Waals surface area contributed by atoms with Crippen molar-refractivity contribution in [3.05, 3.63) is 36.9 Å². The smallest absolute Gasteiger partial charge is 0.191 e. The van der Waals surface area contributed by atoms with Crippen molar-refractivity contribution in [3.8, 4) is 0 Å². The predicted octanol–water partition coefficient (Wildman–Crippen LogP) is 3.73. The Bertz CT molecular complexity index is 618. The van der Waals surface area contributed by atoms with Crippen molar-refractivity contribution in [1.82, 2.24) is 15.6 Å². The molecule has 2 N–H and O–H groups in total. The molecule has 0 saturated heterocycles. The van der Waals surface area contributed by atoms with E-state index >= 15 is 0 Å². The average Bonchev–Trinajstić information content (AvgIpc) is 2.99. The molecular weight excluding hydrogens is 324 g/mol. The highest BCUT2D eigenvalue weighted by Gasteiger charge is 2.06. The molecule has 114 valence electrons. The Labute approximate surface area is 138 Å². The van der Waals surface area contributed by atoms with Crippen molar-refractivity contribution < 1.29 is 0 Å². The molecule has 7 heteroatoms. The quantitative estimate of drug-likeness (QED) is 0.643. The molecule has 2 aromatic heterocycles. The number of thiazole rings is 1. The number of hydrogen-bond donors (Lipinski definition) is 2. The molecule has 0 aliphatic rings. The number of halogens is 1. The number of aliphatic imine (C=N–C) groups is 1. The van der Waals surface area contributed by atoms with Crippen LogP contribution < -0.4 is 10.6 Å². The first-order valence-electron chi connectivity index (χ1n) is 6.77. The Balaban J connectivity index is 1.96. The van der Waals surface area contributed by atoms with Crippen LogP contribution in [0, 0.1) is 13.8 Å². The lowest BCUT2D eigenvalue weighted by molar-refractivity contribution is 0.820. The van der Waals surface area contributed by atoms with E-state index in [2.05, 4.69) is 27.5 Å². The number of hydrogen-bond acceptors (Lipinski definition) is 4. The van der Waals surface area contributed by atoms with Crippen molar-refractivity contribution in [2.24, 2.45) is 4.99 Å². The lowest BCUT2D eigenvalue weighted by Crippen LogP contribution is -2.36. The van der Waals surface area contributed by atoms with Gasteiger partial charge in [-0.2, -0.15) is 0 Å². The fourth-order valence-corrected chi connectivity index (χ4v) is 3.73. The molecular formula is C14H19ClN4S2. The van der Waals surface area contributed by atoms with Crippen LogP contribution in [0.2, 0.25) is 4.34 Å². The van der Waals surface area contributed by atoms with Gasteiger partial charge in [-0.1, -0.05) is 11.6 Å². The molecule has 0 radical (unpaired) electrons. The molecule has 0 saturated carbocycles. The third-order valence-corrected chi connectivity index (χ3v) is 5.07. The second kappa shape index (κ2) is 7.77. The van der Waals surface area contributed by atoms with Crippen LogP contribution in [-0.2, 0) is 13.1 Å². The highest BCUT2D eigenvalue weighted by atomic mass is 35.5. The fourth-order valence-electron chi connectivity index (χ4n) is 1.84. The first-order valence-corrected chi connectivity index (χ1v) is 8.79. The van der Waals surface area contributed by atoms with E-state index in [0.717, 1.165) is 39.0 Å². The summed E-state index contributed by atoms with van der Waals surface area (Å²) in [6, 6.07) is 3.91. The monoisotopic (exact) mass is 342 g/mol. The highest BCUT2D eigenvalue weighted by molar-refractivity contribution is 7.16. The van der Waals surface area contributed by atoms with Crippen LogP contribution in [0.15, 0.2) is 17.1 Å². The number of rotatable bonds is 5. The van der Waals surface area contributed by atoms with Gasteiger partial charge >= 0.3 is 0 Å². The maximum absolute atomic E-state index is 5.93. The molecule has 0 spiro atoms. The third-order valence-electron chi connectivity index (χ3n) is 2.78. The minimum absolute atomic E-state index is 0.632. The number of aryl methyl sites for hydroxylation is 2. The summed E-state index contributed by atoms with van der Waals surface area (Å²) in [7, 11) is 0. The highest BCUT2D eigenvalue weighted by Crippen LogP contribution is 2.22. The summed E-state index contributed by atoms with van der Waals surface area (Å²) in [6.45, 7) is 8.33. The van der Waals surface area contributed by atoms with E-state index in [1.165, 1.54) is 4.88 Å². The first-order chi connectivity index (χ1) is 10.1. The molecule has 0 aliphatic heterocycles. The van der Waals surface area contributed by atoms with Crippen LogP contribution in [0.1, 0.15) is 27.4 Å². The van der Waals surface area contributed by atoms with Crippen LogP contribution >= 0.6 is 34.3 Å².